The van der Waals surface area contributed by atoms with Crippen LogP contribution in [0.1, 0.15) is 0 Å². The van der Waals surface area contributed by atoms with Crippen molar-refractivity contribution < 1.29 is 9.13 Å². The summed E-state index contributed by atoms with van der Waals surface area (Å²) in [5, 5.41) is 3.09. The molecule has 0 fully saturated rings. The molecule has 0 radical (unpaired) electrons. The van der Waals surface area contributed by atoms with Crippen molar-refractivity contribution in [3.8, 4) is 11.3 Å². The molecule has 0 unspecified atom stereocenters. The first kappa shape index (κ1) is 13.3. The maximum atomic E-state index is 14.1. The quantitative estimate of drug-likeness (QED) is 0.641. The fraction of sp³-hybridized carbons (Fsp3) is 0.214. The molecule has 2 rings (SSSR count). The number of anilines is 2. The standard InChI is InChI=1S/C14H16FN3O/c1-19-9-8-18-14-11(16)6-5-10(15)13(14)12-4-2-3-7-17-12/h2-7,18H,8-9,16H2,1H3. The van der Waals surface area contributed by atoms with Crippen LogP contribution in [0.15, 0.2) is 36.5 Å². The first-order valence-electron chi connectivity index (χ1n) is 5.96. The van der Waals surface area contributed by atoms with Gasteiger partial charge in [-0.1, -0.05) is 6.07 Å². The lowest BCUT2D eigenvalue weighted by Gasteiger charge is -2.14. The number of nitrogen functional groups attached to an aromatic ring is 1. The number of hydrogen-bond donors (Lipinski definition) is 2. The Labute approximate surface area is 111 Å². The highest BCUT2D eigenvalue weighted by Gasteiger charge is 2.14. The topological polar surface area (TPSA) is 60.2 Å². The summed E-state index contributed by atoms with van der Waals surface area (Å²) in [4.78, 5) is 4.17. The highest BCUT2D eigenvalue weighted by Crippen LogP contribution is 2.33. The Hall–Kier alpha value is -2.14. The molecule has 1 aromatic carbocycles. The average Bonchev–Trinajstić information content (AvgIpc) is 2.44. The van der Waals surface area contributed by atoms with Gasteiger partial charge in [-0.3, -0.25) is 4.98 Å². The van der Waals surface area contributed by atoms with Crippen molar-refractivity contribution in [1.29, 1.82) is 0 Å². The summed E-state index contributed by atoms with van der Waals surface area (Å²) in [5.74, 6) is -0.354. The van der Waals surface area contributed by atoms with Crippen LogP contribution in [-0.2, 0) is 4.74 Å². The molecule has 0 saturated carbocycles. The molecule has 0 amide bonds. The van der Waals surface area contributed by atoms with Gasteiger partial charge < -0.3 is 15.8 Å². The Morgan fingerprint density at radius 2 is 2.16 bits per heavy atom. The molecule has 0 atom stereocenters. The molecule has 0 saturated heterocycles. The third-order valence-corrected chi connectivity index (χ3v) is 2.72. The van der Waals surface area contributed by atoms with Crippen LogP contribution >= 0.6 is 0 Å². The first-order chi connectivity index (χ1) is 9.24. The zero-order valence-corrected chi connectivity index (χ0v) is 10.7. The number of nitrogens with one attached hydrogen (secondary N) is 1. The van der Waals surface area contributed by atoms with E-state index in [0.717, 1.165) is 0 Å². The monoisotopic (exact) mass is 261 g/mol. The van der Waals surface area contributed by atoms with E-state index in [1.165, 1.54) is 12.1 Å². The summed E-state index contributed by atoms with van der Waals surface area (Å²) < 4.78 is 19.0. The van der Waals surface area contributed by atoms with Crippen molar-refractivity contribution in [2.24, 2.45) is 0 Å². The van der Waals surface area contributed by atoms with E-state index in [9.17, 15) is 4.39 Å². The zero-order chi connectivity index (χ0) is 13.7. The summed E-state index contributed by atoms with van der Waals surface area (Å²) in [6.45, 7) is 1.06. The van der Waals surface area contributed by atoms with Crippen LogP contribution in [-0.4, -0.2) is 25.2 Å². The maximum Gasteiger partial charge on any atom is 0.134 e. The molecular weight excluding hydrogens is 245 g/mol. The molecule has 19 heavy (non-hydrogen) atoms. The molecule has 0 bridgehead atoms. The van der Waals surface area contributed by atoms with Gasteiger partial charge in [-0.05, 0) is 24.3 Å². The minimum absolute atomic E-state index is 0.354. The fourth-order valence-corrected chi connectivity index (χ4v) is 1.82. The van der Waals surface area contributed by atoms with Gasteiger partial charge in [0.1, 0.15) is 5.82 Å². The van der Waals surface area contributed by atoms with E-state index in [0.29, 0.717) is 35.8 Å². The van der Waals surface area contributed by atoms with Gasteiger partial charge in [0.05, 0.1) is 29.2 Å². The number of halogens is 1. The number of nitrogens with two attached hydrogens (primary N) is 1. The molecule has 1 aromatic heterocycles. The second kappa shape index (κ2) is 6.15. The summed E-state index contributed by atoms with van der Waals surface area (Å²) in [6.07, 6.45) is 1.62. The number of rotatable bonds is 5. The largest absolute Gasteiger partial charge is 0.397 e. The van der Waals surface area contributed by atoms with E-state index in [2.05, 4.69) is 10.3 Å². The highest BCUT2D eigenvalue weighted by atomic mass is 19.1. The Morgan fingerprint density at radius 3 is 2.84 bits per heavy atom. The molecule has 0 aliphatic heterocycles. The smallest absolute Gasteiger partial charge is 0.134 e. The third kappa shape index (κ3) is 3.00. The molecule has 0 aliphatic carbocycles. The fourth-order valence-electron chi connectivity index (χ4n) is 1.82. The Kier molecular flexibility index (Phi) is 4.30. The number of hydrogen-bond acceptors (Lipinski definition) is 4. The molecule has 3 N–H and O–H groups in total. The van der Waals surface area contributed by atoms with Crippen molar-refractivity contribution in [1.82, 2.24) is 4.98 Å². The Bertz CT molecular complexity index is 546. The SMILES string of the molecule is COCCNc1c(N)ccc(F)c1-c1ccccn1. The van der Waals surface area contributed by atoms with Crippen LogP contribution in [0.5, 0.6) is 0 Å². The molecule has 1 heterocycles. The Balaban J connectivity index is 2.43. The number of nitrogens with zero attached hydrogens (tertiary/aromatic N) is 1. The second-order valence-electron chi connectivity index (χ2n) is 4.02. The maximum absolute atomic E-state index is 14.1. The van der Waals surface area contributed by atoms with Gasteiger partial charge in [0.2, 0.25) is 0 Å². The van der Waals surface area contributed by atoms with Gasteiger partial charge in [-0.25, -0.2) is 4.39 Å². The minimum Gasteiger partial charge on any atom is -0.397 e. The summed E-state index contributed by atoms with van der Waals surface area (Å²) in [6, 6.07) is 8.23. The molecule has 0 spiro atoms. The van der Waals surface area contributed by atoms with E-state index in [4.69, 9.17) is 10.5 Å². The number of methoxy groups -OCH3 is 1. The van der Waals surface area contributed by atoms with Crippen molar-refractivity contribution in [2.75, 3.05) is 31.3 Å². The number of pyridine rings is 1. The van der Waals surface area contributed by atoms with Gasteiger partial charge >= 0.3 is 0 Å². The second-order valence-corrected chi connectivity index (χ2v) is 4.02. The summed E-state index contributed by atoms with van der Waals surface area (Å²) >= 11 is 0. The van der Waals surface area contributed by atoms with Crippen LogP contribution in [0.2, 0.25) is 0 Å². The van der Waals surface area contributed by atoms with Crippen LogP contribution < -0.4 is 11.1 Å². The first-order valence-corrected chi connectivity index (χ1v) is 5.96. The number of aromatic nitrogens is 1. The lowest BCUT2D eigenvalue weighted by molar-refractivity contribution is 0.211. The van der Waals surface area contributed by atoms with Gasteiger partial charge in [0.25, 0.3) is 0 Å². The van der Waals surface area contributed by atoms with Crippen LogP contribution in [0.4, 0.5) is 15.8 Å². The van der Waals surface area contributed by atoms with E-state index in [1.807, 2.05) is 6.07 Å². The zero-order valence-electron chi connectivity index (χ0n) is 10.7. The van der Waals surface area contributed by atoms with Gasteiger partial charge in [0.15, 0.2) is 0 Å². The van der Waals surface area contributed by atoms with Crippen molar-refractivity contribution in [3.63, 3.8) is 0 Å². The summed E-state index contributed by atoms with van der Waals surface area (Å²) in [7, 11) is 1.61. The van der Waals surface area contributed by atoms with E-state index >= 15 is 0 Å². The van der Waals surface area contributed by atoms with E-state index in [1.54, 1.807) is 25.4 Å². The van der Waals surface area contributed by atoms with Crippen LogP contribution in [0.3, 0.4) is 0 Å². The molecule has 100 valence electrons. The predicted octanol–water partition coefficient (Wildman–Crippen LogP) is 2.53. The molecular formula is C14H16FN3O. The van der Waals surface area contributed by atoms with Crippen LogP contribution in [0.25, 0.3) is 11.3 Å². The lowest BCUT2D eigenvalue weighted by Crippen LogP contribution is -2.11. The van der Waals surface area contributed by atoms with E-state index in [-0.39, 0.29) is 5.82 Å². The Morgan fingerprint density at radius 1 is 1.32 bits per heavy atom. The van der Waals surface area contributed by atoms with Crippen LogP contribution in [0, 0.1) is 5.82 Å². The van der Waals surface area contributed by atoms with Gasteiger partial charge in [-0.15, -0.1) is 0 Å². The molecule has 0 aliphatic rings. The number of benzene rings is 1. The van der Waals surface area contributed by atoms with Crippen molar-refractivity contribution in [3.05, 3.63) is 42.3 Å². The van der Waals surface area contributed by atoms with Crippen molar-refractivity contribution >= 4 is 11.4 Å². The molecule has 4 nitrogen and oxygen atoms in total. The number of ether oxygens (including phenoxy) is 1. The average molecular weight is 261 g/mol. The van der Waals surface area contributed by atoms with Crippen molar-refractivity contribution in [2.45, 2.75) is 0 Å². The van der Waals surface area contributed by atoms with Gasteiger partial charge in [0, 0.05) is 19.9 Å². The summed E-state index contributed by atoms with van der Waals surface area (Å²) in [5.41, 5.74) is 7.88. The highest BCUT2D eigenvalue weighted by molar-refractivity contribution is 5.85. The third-order valence-electron chi connectivity index (χ3n) is 2.72. The minimum atomic E-state index is -0.354. The lowest BCUT2D eigenvalue weighted by atomic mass is 10.1. The predicted molar refractivity (Wildman–Crippen MR) is 74.4 cm³/mol. The van der Waals surface area contributed by atoms with Gasteiger partial charge in [-0.2, -0.15) is 0 Å². The molecule has 5 heteroatoms. The normalized spacial score (nSPS) is 10.4. The van der Waals surface area contributed by atoms with E-state index < -0.39 is 0 Å². The molecule has 2 aromatic rings.